The predicted molar refractivity (Wildman–Crippen MR) is 165 cm³/mol. The molecule has 0 radical (unpaired) electrons. The number of unbranched alkanes of at least 4 members (excludes halogenated alkanes) is 1. The number of fused-ring (bicyclic) bond motifs is 1. The molecule has 10 nitrogen and oxygen atoms in total. The van der Waals surface area contributed by atoms with Gasteiger partial charge in [0, 0.05) is 32.7 Å². The lowest BCUT2D eigenvalue weighted by atomic mass is 9.70. The van der Waals surface area contributed by atoms with E-state index in [-0.39, 0.29) is 37.3 Å². The number of hydrogen-bond acceptors (Lipinski definition) is 7. The quantitative estimate of drug-likeness (QED) is 0.205. The lowest BCUT2D eigenvalue weighted by Gasteiger charge is -2.36. The first-order chi connectivity index (χ1) is 21.2. The van der Waals surface area contributed by atoms with E-state index in [0.29, 0.717) is 44.3 Å². The molecule has 3 amide bonds. The lowest BCUT2D eigenvalue weighted by Crippen LogP contribution is -2.56. The van der Waals surface area contributed by atoms with Gasteiger partial charge in [0.15, 0.2) is 0 Å². The van der Waals surface area contributed by atoms with Gasteiger partial charge in [0.2, 0.25) is 17.7 Å². The fourth-order valence-electron chi connectivity index (χ4n) is 7.09. The smallest absolute Gasteiger partial charge is 0.313 e. The SMILES string of the molecule is C=CCCC(=O)N[C@H](C)[C@@H](OC(=O)[C@@H]1[C@H]2C(=O)N(CCCO)[C@H](C(=O)N(CC=C)CCCC)[C@]23CC[C@H]1O3)c1ccccc1. The van der Waals surface area contributed by atoms with E-state index in [4.69, 9.17) is 9.47 Å². The standard InChI is InChI=1S/C34H47N3O7/c1-5-8-16-26(39)35-23(4)29(24-14-11-10-12-15-24)43-33(42)27-25-17-18-34(44-25)28(27)31(40)37(21-13-22-38)30(34)32(41)36(19-7-3)20-9-6-2/h5,7,10-12,14-15,23,25,27-30,38H,1,3,6,8-9,13,16-22H2,2,4H3,(H,35,39)/t23-,25-,27+,28+,29-,30-,34+/m1/s1. The van der Waals surface area contributed by atoms with Gasteiger partial charge >= 0.3 is 5.97 Å². The van der Waals surface area contributed by atoms with Gasteiger partial charge in [-0.15, -0.1) is 13.2 Å². The first kappa shape index (κ1) is 33.4. The molecule has 0 unspecified atom stereocenters. The van der Waals surface area contributed by atoms with Crippen LogP contribution in [-0.2, 0) is 28.7 Å². The molecule has 3 heterocycles. The van der Waals surface area contributed by atoms with Crippen LogP contribution in [0.3, 0.4) is 0 Å². The van der Waals surface area contributed by atoms with Gasteiger partial charge < -0.3 is 29.7 Å². The van der Waals surface area contributed by atoms with Gasteiger partial charge in [-0.3, -0.25) is 19.2 Å². The van der Waals surface area contributed by atoms with Crippen molar-refractivity contribution in [2.75, 3.05) is 26.2 Å². The topological polar surface area (TPSA) is 125 Å². The number of hydrogen-bond donors (Lipinski definition) is 2. The highest BCUT2D eigenvalue weighted by molar-refractivity contribution is 5.98. The summed E-state index contributed by atoms with van der Waals surface area (Å²) in [7, 11) is 0. The van der Waals surface area contributed by atoms with Gasteiger partial charge in [0.1, 0.15) is 17.7 Å². The molecule has 44 heavy (non-hydrogen) atoms. The van der Waals surface area contributed by atoms with Crippen LogP contribution in [0.4, 0.5) is 0 Å². The highest BCUT2D eigenvalue weighted by atomic mass is 16.6. The Bertz CT molecular complexity index is 1210. The van der Waals surface area contributed by atoms with Crippen molar-refractivity contribution in [3.05, 3.63) is 61.2 Å². The first-order valence-corrected chi connectivity index (χ1v) is 15.9. The number of benzene rings is 1. The van der Waals surface area contributed by atoms with Gasteiger partial charge in [-0.05, 0) is 44.6 Å². The summed E-state index contributed by atoms with van der Waals surface area (Å²) < 4.78 is 12.7. The van der Waals surface area contributed by atoms with Crippen LogP contribution in [0.25, 0.3) is 0 Å². The number of aliphatic hydroxyl groups is 1. The Morgan fingerprint density at radius 2 is 1.98 bits per heavy atom. The van der Waals surface area contributed by atoms with E-state index in [1.165, 1.54) is 4.90 Å². The van der Waals surface area contributed by atoms with Crippen molar-refractivity contribution in [3.63, 3.8) is 0 Å². The van der Waals surface area contributed by atoms with Crippen LogP contribution in [0.5, 0.6) is 0 Å². The van der Waals surface area contributed by atoms with E-state index in [9.17, 15) is 24.3 Å². The number of aliphatic hydroxyl groups excluding tert-OH is 1. The molecule has 2 N–H and O–H groups in total. The van der Waals surface area contributed by atoms with Crippen molar-refractivity contribution in [2.45, 2.75) is 88.7 Å². The zero-order chi connectivity index (χ0) is 31.9. The van der Waals surface area contributed by atoms with Crippen LogP contribution in [0.2, 0.25) is 0 Å². The van der Waals surface area contributed by atoms with Crippen LogP contribution in [0.15, 0.2) is 55.6 Å². The molecule has 1 aromatic carbocycles. The third kappa shape index (κ3) is 6.61. The predicted octanol–water partition coefficient (Wildman–Crippen LogP) is 3.31. The summed E-state index contributed by atoms with van der Waals surface area (Å²) in [6.45, 7) is 12.2. The number of carbonyl (C=O) groups excluding carboxylic acids is 4. The minimum absolute atomic E-state index is 0.140. The van der Waals surface area contributed by atoms with Gasteiger partial charge in [-0.2, -0.15) is 0 Å². The molecule has 3 aliphatic rings. The minimum Gasteiger partial charge on any atom is -0.455 e. The van der Waals surface area contributed by atoms with Gasteiger partial charge in [0.05, 0.1) is 24.0 Å². The molecule has 240 valence electrons. The van der Waals surface area contributed by atoms with E-state index in [1.54, 1.807) is 24.0 Å². The van der Waals surface area contributed by atoms with Gasteiger partial charge in [0.25, 0.3) is 0 Å². The Morgan fingerprint density at radius 1 is 1.23 bits per heavy atom. The molecular weight excluding hydrogens is 562 g/mol. The first-order valence-electron chi connectivity index (χ1n) is 15.9. The average molecular weight is 610 g/mol. The summed E-state index contributed by atoms with van der Waals surface area (Å²) in [4.78, 5) is 58.2. The number of carbonyl (C=O) groups is 4. The number of nitrogens with one attached hydrogen (secondary N) is 1. The monoisotopic (exact) mass is 609 g/mol. The van der Waals surface area contributed by atoms with Crippen molar-refractivity contribution in [1.29, 1.82) is 0 Å². The maximum absolute atomic E-state index is 14.2. The normalized spacial score (nSPS) is 26.5. The summed E-state index contributed by atoms with van der Waals surface area (Å²) in [5.74, 6) is -3.09. The number of allylic oxidation sites excluding steroid dienone is 1. The summed E-state index contributed by atoms with van der Waals surface area (Å²) >= 11 is 0. The van der Waals surface area contributed by atoms with E-state index >= 15 is 0 Å². The number of esters is 1. The lowest BCUT2D eigenvalue weighted by molar-refractivity contribution is -0.162. The van der Waals surface area contributed by atoms with Crippen molar-refractivity contribution in [1.82, 2.24) is 15.1 Å². The number of amides is 3. The van der Waals surface area contributed by atoms with Crippen molar-refractivity contribution in [3.8, 4) is 0 Å². The molecule has 10 heteroatoms. The third-order valence-electron chi connectivity index (χ3n) is 9.10. The second kappa shape index (κ2) is 15.0. The van der Waals surface area contributed by atoms with Gasteiger partial charge in [-0.25, -0.2) is 0 Å². The summed E-state index contributed by atoms with van der Waals surface area (Å²) in [6, 6.07) is 7.74. The van der Waals surface area contributed by atoms with E-state index in [0.717, 1.165) is 12.8 Å². The molecule has 3 saturated heterocycles. The van der Waals surface area contributed by atoms with Crippen LogP contribution < -0.4 is 5.32 Å². The fraction of sp³-hybridized carbons (Fsp3) is 0.588. The highest BCUT2D eigenvalue weighted by Crippen LogP contribution is 2.59. The molecule has 3 fully saturated rings. The Hall–Kier alpha value is -3.50. The summed E-state index contributed by atoms with van der Waals surface area (Å²) in [5, 5.41) is 12.5. The molecule has 7 atom stereocenters. The van der Waals surface area contributed by atoms with Crippen molar-refractivity contribution < 1.29 is 33.8 Å². The third-order valence-corrected chi connectivity index (χ3v) is 9.10. The summed E-state index contributed by atoms with van der Waals surface area (Å²) in [6.07, 6.45) is 5.75. The molecule has 2 bridgehead atoms. The maximum Gasteiger partial charge on any atom is 0.313 e. The highest BCUT2D eigenvalue weighted by Gasteiger charge is 2.75. The Morgan fingerprint density at radius 3 is 2.64 bits per heavy atom. The largest absolute Gasteiger partial charge is 0.455 e. The van der Waals surface area contributed by atoms with Gasteiger partial charge in [-0.1, -0.05) is 55.8 Å². The minimum atomic E-state index is -1.16. The second-order valence-electron chi connectivity index (χ2n) is 12.0. The van der Waals surface area contributed by atoms with Crippen LogP contribution in [-0.4, -0.2) is 88.6 Å². The van der Waals surface area contributed by atoms with E-state index in [2.05, 4.69) is 18.5 Å². The maximum atomic E-state index is 14.2. The molecule has 0 aromatic heterocycles. The Kier molecular flexibility index (Phi) is 11.4. The number of ether oxygens (including phenoxy) is 2. The Balaban J connectivity index is 1.63. The zero-order valence-corrected chi connectivity index (χ0v) is 26.0. The molecule has 0 saturated carbocycles. The van der Waals surface area contributed by atoms with E-state index in [1.807, 2.05) is 37.3 Å². The number of nitrogens with zero attached hydrogens (tertiary/aromatic N) is 2. The van der Waals surface area contributed by atoms with E-state index < -0.39 is 47.7 Å². The summed E-state index contributed by atoms with van der Waals surface area (Å²) in [5.41, 5.74) is -0.446. The molecule has 1 aromatic rings. The molecule has 0 aliphatic carbocycles. The average Bonchev–Trinajstić information content (AvgIpc) is 3.67. The van der Waals surface area contributed by atoms with Crippen LogP contribution >= 0.6 is 0 Å². The molecular formula is C34H47N3O7. The molecule has 1 spiro atoms. The Labute approximate surface area is 260 Å². The number of likely N-dealkylation sites (tertiary alicyclic amines) is 1. The van der Waals surface area contributed by atoms with Crippen molar-refractivity contribution in [2.24, 2.45) is 11.8 Å². The number of rotatable bonds is 17. The molecule has 3 aliphatic heterocycles. The molecule has 4 rings (SSSR count). The van der Waals surface area contributed by atoms with Crippen molar-refractivity contribution >= 4 is 23.7 Å². The fourth-order valence-corrected chi connectivity index (χ4v) is 7.09. The van der Waals surface area contributed by atoms with Crippen LogP contribution in [0, 0.1) is 11.8 Å². The second-order valence-corrected chi connectivity index (χ2v) is 12.0. The van der Waals surface area contributed by atoms with Crippen LogP contribution in [0.1, 0.15) is 70.5 Å². The zero-order valence-electron chi connectivity index (χ0n) is 26.0.